The molecule has 0 spiro atoms. The van der Waals surface area contributed by atoms with Crippen molar-refractivity contribution in [3.05, 3.63) is 46.2 Å². The number of fused-ring (bicyclic) bond motifs is 1. The highest BCUT2D eigenvalue weighted by Gasteiger charge is 2.20. The number of carbonyl (C=O) groups excluding carboxylic acids is 1. The lowest BCUT2D eigenvalue weighted by molar-refractivity contribution is 0.101. The first-order chi connectivity index (χ1) is 10.2. The van der Waals surface area contributed by atoms with Gasteiger partial charge < -0.3 is 10.4 Å². The Labute approximate surface area is 124 Å². The lowest BCUT2D eigenvalue weighted by Crippen LogP contribution is -2.26. The Hall–Kier alpha value is -2.28. The van der Waals surface area contributed by atoms with E-state index in [-0.39, 0.29) is 29.5 Å². The number of anilines is 1. The summed E-state index contributed by atoms with van der Waals surface area (Å²) in [6.07, 6.45) is 0. The third-order valence-electron chi connectivity index (χ3n) is 3.18. The van der Waals surface area contributed by atoms with E-state index in [1.165, 1.54) is 16.3 Å². The normalized spacial score (nSPS) is 13.0. The molecule has 0 atom stereocenters. The lowest BCUT2D eigenvalue weighted by Gasteiger charge is -2.09. The minimum atomic E-state index is -0.360. The van der Waals surface area contributed by atoms with E-state index in [1.807, 2.05) is 6.07 Å². The first kappa shape index (κ1) is 13.7. The molecule has 21 heavy (non-hydrogen) atoms. The van der Waals surface area contributed by atoms with Crippen LogP contribution in [0.25, 0.3) is 0 Å². The predicted octanol–water partition coefficient (Wildman–Crippen LogP) is 1.35. The van der Waals surface area contributed by atoms with Gasteiger partial charge in [0.2, 0.25) is 5.88 Å². The lowest BCUT2D eigenvalue weighted by atomic mass is 10.1. The van der Waals surface area contributed by atoms with Gasteiger partial charge in [0.05, 0.1) is 6.54 Å². The molecule has 1 aromatic heterocycles. The van der Waals surface area contributed by atoms with Crippen LogP contribution in [0.15, 0.2) is 40.3 Å². The predicted molar refractivity (Wildman–Crippen MR) is 80.1 cm³/mol. The smallest absolute Gasteiger partial charge is 0.281 e. The molecule has 0 saturated heterocycles. The topological polar surface area (TPSA) is 84.2 Å². The van der Waals surface area contributed by atoms with Gasteiger partial charge in [-0.3, -0.25) is 14.2 Å². The fourth-order valence-electron chi connectivity index (χ4n) is 2.11. The molecule has 2 N–H and O–H groups in total. The van der Waals surface area contributed by atoms with Crippen molar-refractivity contribution in [2.24, 2.45) is 0 Å². The van der Waals surface area contributed by atoms with Gasteiger partial charge in [-0.2, -0.15) is 4.98 Å². The summed E-state index contributed by atoms with van der Waals surface area (Å²) in [6.45, 7) is 0.494. The summed E-state index contributed by atoms with van der Waals surface area (Å²) in [4.78, 5) is 28.2. The van der Waals surface area contributed by atoms with E-state index in [1.54, 1.807) is 24.3 Å². The molecule has 108 valence electrons. The Morgan fingerprint density at radius 3 is 2.90 bits per heavy atom. The highest BCUT2D eigenvalue weighted by atomic mass is 32.2. The second kappa shape index (κ2) is 5.61. The van der Waals surface area contributed by atoms with Gasteiger partial charge in [-0.05, 0) is 0 Å². The zero-order valence-corrected chi connectivity index (χ0v) is 11.9. The number of carbonyl (C=O) groups is 1. The van der Waals surface area contributed by atoms with E-state index in [0.717, 1.165) is 5.75 Å². The first-order valence-corrected chi connectivity index (χ1v) is 7.44. The molecule has 0 saturated carbocycles. The zero-order chi connectivity index (χ0) is 14.8. The van der Waals surface area contributed by atoms with E-state index >= 15 is 0 Å². The van der Waals surface area contributed by atoms with Gasteiger partial charge in [-0.25, -0.2) is 0 Å². The van der Waals surface area contributed by atoms with Crippen LogP contribution in [0.3, 0.4) is 0 Å². The van der Waals surface area contributed by atoms with Crippen LogP contribution in [0.4, 0.5) is 5.69 Å². The van der Waals surface area contributed by atoms with Crippen molar-refractivity contribution in [2.75, 3.05) is 17.6 Å². The number of nitrogens with one attached hydrogen (secondary N) is 1. The molecular weight excluding hydrogens is 290 g/mol. The molecule has 0 aliphatic carbocycles. The number of hydrogen-bond acceptors (Lipinski definition) is 6. The monoisotopic (exact) mass is 303 g/mol. The third kappa shape index (κ3) is 2.64. The average molecular weight is 303 g/mol. The number of benzene rings is 1. The van der Waals surface area contributed by atoms with Crippen LogP contribution < -0.4 is 10.9 Å². The maximum absolute atomic E-state index is 12.2. The second-order valence-corrected chi connectivity index (χ2v) is 5.60. The standard InChI is InChI=1S/C14H13N3O3S/c18-10(9-4-2-1-3-5-9)8-15-11-12(19)16-14-17(13(11)20)6-7-21-14/h1-5,15,19H,6-8H2. The highest BCUT2D eigenvalue weighted by molar-refractivity contribution is 7.99. The minimum absolute atomic E-state index is 0.0227. The van der Waals surface area contributed by atoms with Crippen molar-refractivity contribution in [3.63, 3.8) is 0 Å². The number of thioether (sulfide) groups is 1. The van der Waals surface area contributed by atoms with E-state index in [0.29, 0.717) is 17.3 Å². The minimum Gasteiger partial charge on any atom is -0.492 e. The summed E-state index contributed by atoms with van der Waals surface area (Å²) in [5.41, 5.74) is 0.183. The SMILES string of the molecule is O=C(CNc1c(O)nc2n(c1=O)CCS2)c1ccccc1. The number of aromatic hydroxyl groups is 1. The van der Waals surface area contributed by atoms with Crippen LogP contribution in [-0.4, -0.2) is 32.7 Å². The van der Waals surface area contributed by atoms with E-state index < -0.39 is 0 Å². The Balaban J connectivity index is 1.80. The van der Waals surface area contributed by atoms with Gasteiger partial charge in [0.15, 0.2) is 16.6 Å². The van der Waals surface area contributed by atoms with E-state index in [4.69, 9.17) is 0 Å². The Morgan fingerprint density at radius 1 is 1.38 bits per heavy atom. The molecule has 0 amide bonds. The van der Waals surface area contributed by atoms with Gasteiger partial charge in [-0.1, -0.05) is 42.1 Å². The molecule has 0 unspecified atom stereocenters. The molecule has 1 aliphatic rings. The Morgan fingerprint density at radius 2 is 2.14 bits per heavy atom. The Kier molecular flexibility index (Phi) is 3.66. The molecular formula is C14H13N3O3S. The van der Waals surface area contributed by atoms with Crippen LogP contribution in [0, 0.1) is 0 Å². The van der Waals surface area contributed by atoms with Crippen molar-refractivity contribution in [1.82, 2.24) is 9.55 Å². The van der Waals surface area contributed by atoms with Crippen molar-refractivity contribution in [2.45, 2.75) is 11.7 Å². The van der Waals surface area contributed by atoms with Crippen LogP contribution in [-0.2, 0) is 6.54 Å². The number of nitrogens with zero attached hydrogens (tertiary/aromatic N) is 2. The number of rotatable bonds is 4. The van der Waals surface area contributed by atoms with E-state index in [2.05, 4.69) is 10.3 Å². The van der Waals surface area contributed by atoms with Crippen LogP contribution in [0.5, 0.6) is 5.88 Å². The fourth-order valence-corrected chi connectivity index (χ4v) is 3.05. The largest absolute Gasteiger partial charge is 0.492 e. The van der Waals surface area contributed by atoms with Crippen molar-refractivity contribution in [3.8, 4) is 5.88 Å². The number of aromatic nitrogens is 2. The third-order valence-corrected chi connectivity index (χ3v) is 4.14. The molecule has 1 aromatic carbocycles. The number of ketones is 1. The summed E-state index contributed by atoms with van der Waals surface area (Å²) < 4.78 is 1.50. The molecule has 0 fully saturated rings. The maximum Gasteiger partial charge on any atom is 0.281 e. The molecule has 0 radical (unpaired) electrons. The molecule has 1 aliphatic heterocycles. The van der Waals surface area contributed by atoms with Gasteiger partial charge in [0, 0.05) is 17.9 Å². The average Bonchev–Trinajstić information content (AvgIpc) is 2.96. The summed E-state index contributed by atoms with van der Waals surface area (Å²) in [5, 5.41) is 13.0. The summed E-state index contributed by atoms with van der Waals surface area (Å²) in [7, 11) is 0. The van der Waals surface area contributed by atoms with Gasteiger partial charge in [-0.15, -0.1) is 0 Å². The molecule has 0 bridgehead atoms. The quantitative estimate of drug-likeness (QED) is 0.655. The number of hydrogen-bond donors (Lipinski definition) is 2. The summed E-state index contributed by atoms with van der Waals surface area (Å²) in [5.74, 6) is 0.240. The second-order valence-electron chi connectivity index (χ2n) is 4.54. The van der Waals surface area contributed by atoms with Crippen LogP contribution in [0.1, 0.15) is 10.4 Å². The molecule has 2 aromatic rings. The molecule has 2 heterocycles. The van der Waals surface area contributed by atoms with Crippen molar-refractivity contribution in [1.29, 1.82) is 0 Å². The molecule has 6 nitrogen and oxygen atoms in total. The fraction of sp³-hybridized carbons (Fsp3) is 0.214. The van der Waals surface area contributed by atoms with Crippen LogP contribution in [0.2, 0.25) is 0 Å². The Bertz CT molecular complexity index is 743. The summed E-state index contributed by atoms with van der Waals surface area (Å²) >= 11 is 1.42. The van der Waals surface area contributed by atoms with Crippen molar-refractivity contribution >= 4 is 23.2 Å². The molecule has 3 rings (SSSR count). The number of Topliss-reactive ketones (excluding diaryl/α,β-unsaturated/α-hetero) is 1. The van der Waals surface area contributed by atoms with Gasteiger partial charge in [0.1, 0.15) is 0 Å². The van der Waals surface area contributed by atoms with Gasteiger partial charge in [0.25, 0.3) is 5.56 Å². The van der Waals surface area contributed by atoms with Crippen molar-refractivity contribution < 1.29 is 9.90 Å². The maximum atomic E-state index is 12.2. The van der Waals surface area contributed by atoms with Crippen LogP contribution >= 0.6 is 11.8 Å². The van der Waals surface area contributed by atoms with E-state index in [9.17, 15) is 14.7 Å². The molecule has 7 heteroatoms. The zero-order valence-electron chi connectivity index (χ0n) is 11.1. The first-order valence-electron chi connectivity index (χ1n) is 6.45. The van der Waals surface area contributed by atoms with Gasteiger partial charge >= 0.3 is 0 Å². The summed E-state index contributed by atoms with van der Waals surface area (Å²) in [6, 6.07) is 8.77. The highest BCUT2D eigenvalue weighted by Crippen LogP contribution is 2.26.